The fourth-order valence-corrected chi connectivity index (χ4v) is 2.84. The normalized spacial score (nSPS) is 20.5. The minimum Gasteiger partial charge on any atom is -0.360 e. The lowest BCUT2D eigenvalue weighted by Gasteiger charge is -2.29. The number of nitrogens with zero attached hydrogens (tertiary/aromatic N) is 2. The van der Waals surface area contributed by atoms with Crippen LogP contribution in [0.1, 0.15) is 10.4 Å². The molecule has 0 bridgehead atoms. The van der Waals surface area contributed by atoms with Gasteiger partial charge in [-0.15, -0.1) is 11.3 Å². The first-order valence-electron chi connectivity index (χ1n) is 4.75. The second-order valence-electron chi connectivity index (χ2n) is 3.38. The molecule has 0 N–H and O–H groups in total. The highest BCUT2D eigenvalue weighted by Crippen LogP contribution is 2.19. The number of nitriles is 1. The number of thiophene rings is 1. The number of hydrogen-bond donors (Lipinski definition) is 0. The summed E-state index contributed by atoms with van der Waals surface area (Å²) in [6, 6.07) is 3.90. The van der Waals surface area contributed by atoms with Crippen molar-refractivity contribution in [2.75, 3.05) is 19.7 Å². The van der Waals surface area contributed by atoms with Gasteiger partial charge in [0.15, 0.2) is 6.10 Å². The molecule has 84 valence electrons. The molecule has 0 saturated carbocycles. The van der Waals surface area contributed by atoms with E-state index in [1.807, 2.05) is 17.5 Å². The largest absolute Gasteiger partial charge is 0.360 e. The summed E-state index contributed by atoms with van der Waals surface area (Å²) >= 11 is 3.73. The number of ether oxygens (including phenoxy) is 1. The molecule has 1 amide bonds. The Morgan fingerprint density at radius 3 is 3.19 bits per heavy atom. The average Bonchev–Trinajstić information content (AvgIpc) is 2.75. The topological polar surface area (TPSA) is 53.3 Å². The Bertz CT molecular complexity index is 440. The molecule has 1 unspecified atom stereocenters. The summed E-state index contributed by atoms with van der Waals surface area (Å²) in [6.07, 6.45) is -0.490. The van der Waals surface area contributed by atoms with Crippen LogP contribution in [0.5, 0.6) is 0 Å². The van der Waals surface area contributed by atoms with Gasteiger partial charge in [0, 0.05) is 11.9 Å². The highest BCUT2D eigenvalue weighted by Gasteiger charge is 2.25. The third-order valence-corrected chi connectivity index (χ3v) is 4.10. The molecule has 0 aliphatic carbocycles. The van der Waals surface area contributed by atoms with Crippen LogP contribution >= 0.6 is 33.9 Å². The highest BCUT2D eigenvalue weighted by atomic mass is 127. The fourth-order valence-electron chi connectivity index (χ4n) is 1.52. The minimum atomic E-state index is -0.490. The van der Waals surface area contributed by atoms with Crippen molar-refractivity contribution in [3.8, 4) is 6.07 Å². The summed E-state index contributed by atoms with van der Waals surface area (Å²) in [5.41, 5.74) is 0.702. The summed E-state index contributed by atoms with van der Waals surface area (Å²) in [6.45, 7) is 1.36. The Labute approximate surface area is 111 Å². The van der Waals surface area contributed by atoms with Crippen LogP contribution < -0.4 is 0 Å². The summed E-state index contributed by atoms with van der Waals surface area (Å²) in [4.78, 5) is 13.7. The molecule has 6 heteroatoms. The summed E-state index contributed by atoms with van der Waals surface area (Å²) < 4.78 is 6.28. The van der Waals surface area contributed by atoms with E-state index in [4.69, 9.17) is 10.00 Å². The molecule has 1 fully saturated rings. The third kappa shape index (κ3) is 2.53. The molecule has 1 atom stereocenters. The van der Waals surface area contributed by atoms with E-state index >= 15 is 0 Å². The van der Waals surface area contributed by atoms with E-state index in [-0.39, 0.29) is 5.91 Å². The second kappa shape index (κ2) is 5.12. The van der Waals surface area contributed by atoms with Gasteiger partial charge in [-0.25, -0.2) is 0 Å². The lowest BCUT2D eigenvalue weighted by Crippen LogP contribution is -2.45. The summed E-state index contributed by atoms with van der Waals surface area (Å²) in [5, 5.41) is 10.6. The van der Waals surface area contributed by atoms with Gasteiger partial charge in [0.25, 0.3) is 5.91 Å². The van der Waals surface area contributed by atoms with Crippen LogP contribution in [0.2, 0.25) is 0 Å². The predicted octanol–water partition coefficient (Wildman–Crippen LogP) is 1.72. The Hall–Kier alpha value is -0.650. The van der Waals surface area contributed by atoms with Crippen molar-refractivity contribution in [1.82, 2.24) is 4.90 Å². The van der Waals surface area contributed by atoms with Crippen LogP contribution in [0.4, 0.5) is 0 Å². The monoisotopic (exact) mass is 348 g/mol. The number of halogens is 1. The molecule has 1 saturated heterocycles. The van der Waals surface area contributed by atoms with Crippen molar-refractivity contribution >= 4 is 39.8 Å². The molecule has 1 aromatic rings. The predicted molar refractivity (Wildman–Crippen MR) is 68.3 cm³/mol. The third-order valence-electron chi connectivity index (χ3n) is 2.31. The standard InChI is InChI=1S/C10H9IN2O2S/c11-9-3-7(6-16-9)10(14)13-1-2-15-8(4-12)5-13/h3,6,8H,1-2,5H2. The molecule has 2 rings (SSSR count). The van der Waals surface area contributed by atoms with E-state index in [2.05, 4.69) is 22.6 Å². The maximum absolute atomic E-state index is 12.0. The molecule has 1 aliphatic rings. The molecular weight excluding hydrogens is 339 g/mol. The number of morpholine rings is 1. The maximum Gasteiger partial charge on any atom is 0.254 e. The van der Waals surface area contributed by atoms with E-state index in [0.29, 0.717) is 25.3 Å². The van der Waals surface area contributed by atoms with Crippen molar-refractivity contribution < 1.29 is 9.53 Å². The zero-order valence-corrected chi connectivity index (χ0v) is 11.3. The van der Waals surface area contributed by atoms with Crippen molar-refractivity contribution in [3.05, 3.63) is 19.9 Å². The van der Waals surface area contributed by atoms with Gasteiger partial charge < -0.3 is 9.64 Å². The first-order chi connectivity index (χ1) is 7.70. The van der Waals surface area contributed by atoms with Gasteiger partial charge in [0.05, 0.1) is 27.7 Å². The lowest BCUT2D eigenvalue weighted by atomic mass is 10.2. The molecule has 0 spiro atoms. The van der Waals surface area contributed by atoms with Crippen LogP contribution in [-0.4, -0.2) is 36.6 Å². The Balaban J connectivity index is 2.08. The van der Waals surface area contributed by atoms with Crippen LogP contribution in [0.25, 0.3) is 0 Å². The first kappa shape index (κ1) is 11.8. The van der Waals surface area contributed by atoms with Gasteiger partial charge in [0.2, 0.25) is 0 Å². The molecule has 1 aliphatic heterocycles. The van der Waals surface area contributed by atoms with Gasteiger partial charge in [-0.2, -0.15) is 5.26 Å². The van der Waals surface area contributed by atoms with Crippen LogP contribution in [0, 0.1) is 14.2 Å². The van der Waals surface area contributed by atoms with Gasteiger partial charge >= 0.3 is 0 Å². The van der Waals surface area contributed by atoms with Crippen molar-refractivity contribution in [2.24, 2.45) is 0 Å². The fraction of sp³-hybridized carbons (Fsp3) is 0.400. The second-order valence-corrected chi connectivity index (χ2v) is 6.18. The molecule has 0 radical (unpaired) electrons. The Morgan fingerprint density at radius 1 is 1.75 bits per heavy atom. The quantitative estimate of drug-likeness (QED) is 0.727. The van der Waals surface area contributed by atoms with Crippen molar-refractivity contribution in [2.45, 2.75) is 6.10 Å². The molecule has 4 nitrogen and oxygen atoms in total. The molecule has 1 aromatic heterocycles. The minimum absolute atomic E-state index is 0.0114. The number of rotatable bonds is 1. The van der Waals surface area contributed by atoms with E-state index in [1.165, 1.54) is 0 Å². The summed E-state index contributed by atoms with van der Waals surface area (Å²) in [7, 11) is 0. The Kier molecular flexibility index (Phi) is 3.78. The van der Waals surface area contributed by atoms with E-state index < -0.39 is 6.10 Å². The van der Waals surface area contributed by atoms with Crippen molar-refractivity contribution in [1.29, 1.82) is 5.26 Å². The molecule has 2 heterocycles. The number of amides is 1. The zero-order valence-electron chi connectivity index (χ0n) is 8.35. The first-order valence-corrected chi connectivity index (χ1v) is 6.71. The number of carbonyl (C=O) groups is 1. The summed E-state index contributed by atoms with van der Waals surface area (Å²) in [5.74, 6) is -0.0114. The van der Waals surface area contributed by atoms with Crippen LogP contribution in [0.15, 0.2) is 11.4 Å². The van der Waals surface area contributed by atoms with Crippen LogP contribution in [-0.2, 0) is 4.74 Å². The highest BCUT2D eigenvalue weighted by molar-refractivity contribution is 14.1. The van der Waals surface area contributed by atoms with Gasteiger partial charge in [-0.05, 0) is 28.7 Å². The number of carbonyl (C=O) groups excluding carboxylic acids is 1. The maximum atomic E-state index is 12.0. The van der Waals surface area contributed by atoms with E-state index in [9.17, 15) is 4.79 Å². The zero-order chi connectivity index (χ0) is 11.5. The van der Waals surface area contributed by atoms with E-state index in [0.717, 1.165) is 2.88 Å². The van der Waals surface area contributed by atoms with Crippen molar-refractivity contribution in [3.63, 3.8) is 0 Å². The number of hydrogen-bond acceptors (Lipinski definition) is 4. The molecule has 16 heavy (non-hydrogen) atoms. The molecular formula is C10H9IN2O2S. The Morgan fingerprint density at radius 2 is 2.56 bits per heavy atom. The molecule has 0 aromatic carbocycles. The van der Waals surface area contributed by atoms with Crippen LogP contribution in [0.3, 0.4) is 0 Å². The average molecular weight is 348 g/mol. The SMILES string of the molecule is N#CC1CN(C(=O)c2csc(I)c2)CCO1. The smallest absolute Gasteiger partial charge is 0.254 e. The van der Waals surface area contributed by atoms with Gasteiger partial charge in [-0.1, -0.05) is 0 Å². The van der Waals surface area contributed by atoms with Gasteiger partial charge in [-0.3, -0.25) is 4.79 Å². The van der Waals surface area contributed by atoms with Gasteiger partial charge in [0.1, 0.15) is 0 Å². The van der Waals surface area contributed by atoms with E-state index in [1.54, 1.807) is 16.2 Å². The lowest BCUT2D eigenvalue weighted by molar-refractivity contribution is 0.00349.